The lowest BCUT2D eigenvalue weighted by atomic mass is 9.87. The SMILES string of the molecule is CNc1cnc2c(c1)C(C)(C)C(=O)N2C. The Kier molecular flexibility index (Phi) is 1.96. The molecule has 1 amide bonds. The van der Waals surface area contributed by atoms with E-state index in [1.165, 1.54) is 0 Å². The second kappa shape index (κ2) is 2.95. The van der Waals surface area contributed by atoms with E-state index >= 15 is 0 Å². The van der Waals surface area contributed by atoms with Crippen molar-refractivity contribution in [2.24, 2.45) is 0 Å². The maximum atomic E-state index is 11.9. The molecule has 0 spiro atoms. The predicted molar refractivity (Wildman–Crippen MR) is 60.2 cm³/mol. The lowest BCUT2D eigenvalue weighted by Crippen LogP contribution is -2.33. The molecule has 0 fully saturated rings. The highest BCUT2D eigenvalue weighted by atomic mass is 16.2. The fourth-order valence-electron chi connectivity index (χ4n) is 1.95. The first-order valence-corrected chi connectivity index (χ1v) is 4.95. The van der Waals surface area contributed by atoms with Crippen molar-refractivity contribution in [1.29, 1.82) is 0 Å². The van der Waals surface area contributed by atoms with Crippen molar-refractivity contribution in [1.82, 2.24) is 4.98 Å². The summed E-state index contributed by atoms with van der Waals surface area (Å²) in [5.74, 6) is 0.863. The summed E-state index contributed by atoms with van der Waals surface area (Å²) in [5, 5.41) is 3.03. The number of aromatic nitrogens is 1. The third-order valence-corrected chi connectivity index (χ3v) is 2.99. The first-order valence-electron chi connectivity index (χ1n) is 4.95. The van der Waals surface area contributed by atoms with Crippen molar-refractivity contribution < 1.29 is 4.79 Å². The first-order chi connectivity index (χ1) is 6.98. The smallest absolute Gasteiger partial charge is 0.238 e. The quantitative estimate of drug-likeness (QED) is 0.753. The number of amides is 1. The third kappa shape index (κ3) is 1.21. The lowest BCUT2D eigenvalue weighted by molar-refractivity contribution is -0.121. The van der Waals surface area contributed by atoms with Crippen LogP contribution in [0.15, 0.2) is 12.3 Å². The molecule has 80 valence electrons. The van der Waals surface area contributed by atoms with E-state index in [0.717, 1.165) is 17.1 Å². The van der Waals surface area contributed by atoms with Crippen LogP contribution in [0.3, 0.4) is 0 Å². The van der Waals surface area contributed by atoms with Crippen molar-refractivity contribution in [3.05, 3.63) is 17.8 Å². The lowest BCUT2D eigenvalue weighted by Gasteiger charge is -2.16. The molecule has 1 aromatic heterocycles. The number of carbonyl (C=O) groups excluding carboxylic acids is 1. The number of anilines is 2. The van der Waals surface area contributed by atoms with E-state index in [1.807, 2.05) is 27.0 Å². The summed E-state index contributed by atoms with van der Waals surface area (Å²) in [4.78, 5) is 17.9. The maximum absolute atomic E-state index is 11.9. The van der Waals surface area contributed by atoms with Gasteiger partial charge in [-0.05, 0) is 19.9 Å². The van der Waals surface area contributed by atoms with E-state index in [1.54, 1.807) is 18.1 Å². The molecule has 15 heavy (non-hydrogen) atoms. The van der Waals surface area contributed by atoms with Gasteiger partial charge in [-0.3, -0.25) is 9.69 Å². The zero-order valence-corrected chi connectivity index (χ0v) is 9.46. The molecule has 2 rings (SSSR count). The Morgan fingerprint density at radius 1 is 1.47 bits per heavy atom. The molecule has 0 aromatic carbocycles. The Morgan fingerprint density at radius 3 is 2.73 bits per heavy atom. The number of nitrogens with one attached hydrogen (secondary N) is 1. The molecule has 0 unspecified atom stereocenters. The van der Waals surface area contributed by atoms with Crippen LogP contribution in [0.5, 0.6) is 0 Å². The van der Waals surface area contributed by atoms with Crippen molar-refractivity contribution in [3.63, 3.8) is 0 Å². The van der Waals surface area contributed by atoms with Crippen LogP contribution in [-0.4, -0.2) is 25.0 Å². The summed E-state index contributed by atoms with van der Waals surface area (Å²) in [5.41, 5.74) is 1.45. The van der Waals surface area contributed by atoms with Gasteiger partial charge in [-0.2, -0.15) is 0 Å². The van der Waals surface area contributed by atoms with Gasteiger partial charge in [0, 0.05) is 19.7 Å². The molecule has 1 N–H and O–H groups in total. The minimum absolute atomic E-state index is 0.0956. The topological polar surface area (TPSA) is 45.2 Å². The van der Waals surface area contributed by atoms with Gasteiger partial charge in [0.15, 0.2) is 0 Å². The summed E-state index contributed by atoms with van der Waals surface area (Å²) in [6.07, 6.45) is 1.74. The second-order valence-corrected chi connectivity index (χ2v) is 4.33. The average Bonchev–Trinajstić information content (AvgIpc) is 2.40. The summed E-state index contributed by atoms with van der Waals surface area (Å²) < 4.78 is 0. The molecule has 0 saturated heterocycles. The Labute approximate surface area is 89.3 Å². The summed E-state index contributed by atoms with van der Waals surface area (Å²) in [6.45, 7) is 3.86. The largest absolute Gasteiger partial charge is 0.387 e. The number of nitrogens with zero attached hydrogens (tertiary/aromatic N) is 2. The molecular formula is C11H15N3O. The summed E-state index contributed by atoms with van der Waals surface area (Å²) in [6, 6.07) is 1.99. The Bertz CT molecular complexity index is 426. The fraction of sp³-hybridized carbons (Fsp3) is 0.455. The highest BCUT2D eigenvalue weighted by molar-refractivity contribution is 6.06. The number of fused-ring (bicyclic) bond motifs is 1. The molecule has 2 heterocycles. The molecule has 0 aliphatic carbocycles. The molecule has 0 bridgehead atoms. The molecular weight excluding hydrogens is 190 g/mol. The Balaban J connectivity index is 2.62. The van der Waals surface area contributed by atoms with E-state index in [4.69, 9.17) is 0 Å². The van der Waals surface area contributed by atoms with E-state index < -0.39 is 5.41 Å². The number of carbonyl (C=O) groups is 1. The number of pyridine rings is 1. The monoisotopic (exact) mass is 205 g/mol. The number of hydrogen-bond acceptors (Lipinski definition) is 3. The number of hydrogen-bond donors (Lipinski definition) is 1. The highest BCUT2D eigenvalue weighted by Crippen LogP contribution is 2.40. The van der Waals surface area contributed by atoms with Crippen LogP contribution in [0.4, 0.5) is 11.5 Å². The van der Waals surface area contributed by atoms with Crippen LogP contribution in [0, 0.1) is 0 Å². The van der Waals surface area contributed by atoms with Crippen molar-refractivity contribution in [2.75, 3.05) is 24.3 Å². The number of likely N-dealkylation sites (N-methyl/N-ethyl adjacent to an activating group) is 1. The molecule has 1 aromatic rings. The van der Waals surface area contributed by atoms with E-state index in [-0.39, 0.29) is 5.91 Å². The standard InChI is InChI=1S/C11H15N3O/c1-11(2)8-5-7(12-3)6-13-9(8)14(4)10(11)15/h5-6,12H,1-4H3. The van der Waals surface area contributed by atoms with Crippen LogP contribution in [0.25, 0.3) is 0 Å². The van der Waals surface area contributed by atoms with Gasteiger partial charge in [-0.1, -0.05) is 0 Å². The first kappa shape index (κ1) is 9.96. The molecule has 1 aliphatic rings. The third-order valence-electron chi connectivity index (χ3n) is 2.99. The van der Waals surface area contributed by atoms with Crippen LogP contribution >= 0.6 is 0 Å². The van der Waals surface area contributed by atoms with Crippen molar-refractivity contribution in [3.8, 4) is 0 Å². The van der Waals surface area contributed by atoms with Gasteiger partial charge in [0.1, 0.15) is 5.82 Å². The van der Waals surface area contributed by atoms with Crippen LogP contribution < -0.4 is 10.2 Å². The molecule has 1 aliphatic heterocycles. The second-order valence-electron chi connectivity index (χ2n) is 4.33. The van der Waals surface area contributed by atoms with Crippen LogP contribution in [0.2, 0.25) is 0 Å². The fourth-order valence-corrected chi connectivity index (χ4v) is 1.95. The normalized spacial score (nSPS) is 17.9. The minimum Gasteiger partial charge on any atom is -0.387 e. The highest BCUT2D eigenvalue weighted by Gasteiger charge is 2.43. The van der Waals surface area contributed by atoms with Gasteiger partial charge in [0.2, 0.25) is 5.91 Å². The minimum atomic E-state index is -0.468. The van der Waals surface area contributed by atoms with Gasteiger partial charge in [-0.25, -0.2) is 4.98 Å². The average molecular weight is 205 g/mol. The summed E-state index contributed by atoms with van der Waals surface area (Å²) in [7, 11) is 3.61. The van der Waals surface area contributed by atoms with Gasteiger partial charge in [-0.15, -0.1) is 0 Å². The Hall–Kier alpha value is -1.58. The predicted octanol–water partition coefficient (Wildman–Crippen LogP) is 1.38. The molecule has 0 atom stereocenters. The van der Waals surface area contributed by atoms with Gasteiger partial charge in [0.25, 0.3) is 0 Å². The molecule has 0 saturated carbocycles. The Morgan fingerprint density at radius 2 is 2.13 bits per heavy atom. The summed E-state index contributed by atoms with van der Waals surface area (Å²) >= 11 is 0. The molecule has 0 radical (unpaired) electrons. The zero-order chi connectivity index (χ0) is 11.2. The molecule has 4 heteroatoms. The van der Waals surface area contributed by atoms with Crippen LogP contribution in [0.1, 0.15) is 19.4 Å². The van der Waals surface area contributed by atoms with E-state index in [0.29, 0.717) is 0 Å². The maximum Gasteiger partial charge on any atom is 0.238 e. The van der Waals surface area contributed by atoms with Crippen molar-refractivity contribution >= 4 is 17.4 Å². The van der Waals surface area contributed by atoms with E-state index in [2.05, 4.69) is 10.3 Å². The molecule has 4 nitrogen and oxygen atoms in total. The zero-order valence-electron chi connectivity index (χ0n) is 9.46. The number of rotatable bonds is 1. The van der Waals surface area contributed by atoms with E-state index in [9.17, 15) is 4.79 Å². The van der Waals surface area contributed by atoms with Gasteiger partial charge in [0.05, 0.1) is 17.3 Å². The van der Waals surface area contributed by atoms with Crippen molar-refractivity contribution in [2.45, 2.75) is 19.3 Å². The van der Waals surface area contributed by atoms with Gasteiger partial charge < -0.3 is 5.32 Å². The van der Waals surface area contributed by atoms with Crippen LogP contribution in [-0.2, 0) is 10.2 Å². The van der Waals surface area contributed by atoms with Gasteiger partial charge >= 0.3 is 0 Å².